The number of nitrogens with zero attached hydrogens (tertiary/aromatic N) is 1. The summed E-state index contributed by atoms with van der Waals surface area (Å²) < 4.78 is 0. The summed E-state index contributed by atoms with van der Waals surface area (Å²) in [4.78, 5) is 7.30. The van der Waals surface area contributed by atoms with E-state index in [2.05, 4.69) is 163 Å². The van der Waals surface area contributed by atoms with Crippen LogP contribution in [0.4, 0.5) is 5.69 Å². The lowest BCUT2D eigenvalue weighted by atomic mass is 9.64. The first-order valence-electron chi connectivity index (χ1n) is 15.7. The highest BCUT2D eigenvalue weighted by Gasteiger charge is 2.44. The lowest BCUT2D eigenvalue weighted by Crippen LogP contribution is -2.34. The molecule has 0 amide bonds. The quantitative estimate of drug-likeness (QED) is 0.216. The van der Waals surface area contributed by atoms with E-state index in [9.17, 15) is 0 Å². The summed E-state index contributed by atoms with van der Waals surface area (Å²) in [5.74, 6) is 0. The van der Waals surface area contributed by atoms with Gasteiger partial charge in [-0.1, -0.05) is 145 Å². The average molecular weight is 607 g/mol. The maximum atomic E-state index is 4.71. The van der Waals surface area contributed by atoms with Gasteiger partial charge in [0.15, 0.2) is 0 Å². The van der Waals surface area contributed by atoms with Crippen LogP contribution in [0.25, 0.3) is 28.1 Å². The van der Waals surface area contributed by atoms with E-state index in [4.69, 9.17) is 4.98 Å². The normalized spacial score (nSPS) is 15.8. The van der Waals surface area contributed by atoms with Crippen LogP contribution in [0.2, 0.25) is 0 Å². The van der Waals surface area contributed by atoms with Gasteiger partial charge in [-0.15, -0.1) is 0 Å². The van der Waals surface area contributed by atoms with Gasteiger partial charge in [-0.05, 0) is 74.8 Å². The molecule has 0 radical (unpaired) electrons. The van der Waals surface area contributed by atoms with Gasteiger partial charge in [0, 0.05) is 21.4 Å². The van der Waals surface area contributed by atoms with Crippen LogP contribution in [-0.4, -0.2) is 4.98 Å². The van der Waals surface area contributed by atoms with Crippen molar-refractivity contribution in [3.05, 3.63) is 197 Å². The Hall–Kier alpha value is -5.38. The number of fused-ring (bicyclic) bond motifs is 5. The first-order valence-corrected chi connectivity index (χ1v) is 16.6. The third kappa shape index (κ3) is 4.23. The summed E-state index contributed by atoms with van der Waals surface area (Å²) in [5, 5.41) is 4.94. The molecule has 3 heterocycles. The first kappa shape index (κ1) is 27.0. The van der Waals surface area contributed by atoms with Gasteiger partial charge in [-0.3, -0.25) is 4.98 Å². The second-order valence-electron chi connectivity index (χ2n) is 12.0. The third-order valence-electron chi connectivity index (χ3n) is 9.46. The lowest BCUT2D eigenvalue weighted by molar-refractivity contribution is 0.703. The molecule has 1 atom stereocenters. The van der Waals surface area contributed by atoms with Crippen molar-refractivity contribution in [2.75, 3.05) is 5.32 Å². The minimum absolute atomic E-state index is 0.0489. The summed E-state index contributed by atoms with van der Waals surface area (Å²) in [5.41, 5.74) is 11.7. The molecule has 0 aliphatic carbocycles. The fourth-order valence-electron chi connectivity index (χ4n) is 7.35. The molecule has 0 bridgehead atoms. The van der Waals surface area contributed by atoms with Crippen molar-refractivity contribution >= 4 is 34.4 Å². The van der Waals surface area contributed by atoms with E-state index in [0.29, 0.717) is 0 Å². The Morgan fingerprint density at radius 2 is 1.33 bits per heavy atom. The van der Waals surface area contributed by atoms with Gasteiger partial charge < -0.3 is 5.32 Å². The van der Waals surface area contributed by atoms with E-state index in [1.165, 1.54) is 54.3 Å². The molecule has 46 heavy (non-hydrogen) atoms. The number of benzene rings is 6. The van der Waals surface area contributed by atoms with E-state index < -0.39 is 5.41 Å². The predicted octanol–water partition coefficient (Wildman–Crippen LogP) is 10.9. The van der Waals surface area contributed by atoms with Gasteiger partial charge in [-0.25, -0.2) is 0 Å². The van der Waals surface area contributed by atoms with Crippen LogP contribution >= 0.6 is 11.8 Å². The van der Waals surface area contributed by atoms with Gasteiger partial charge in [0.05, 0.1) is 22.7 Å². The number of aromatic nitrogens is 1. The van der Waals surface area contributed by atoms with E-state index in [-0.39, 0.29) is 6.04 Å². The fourth-order valence-corrected chi connectivity index (χ4v) is 8.52. The first-order chi connectivity index (χ1) is 22.8. The molecule has 1 unspecified atom stereocenters. The Labute approximate surface area is 273 Å². The highest BCUT2D eigenvalue weighted by molar-refractivity contribution is 7.99. The van der Waals surface area contributed by atoms with E-state index in [1.54, 1.807) is 0 Å². The molecule has 2 nitrogen and oxygen atoms in total. The van der Waals surface area contributed by atoms with Crippen LogP contribution in [0.15, 0.2) is 174 Å². The Bertz CT molecular complexity index is 2230. The Kier molecular flexibility index (Phi) is 6.39. The van der Waals surface area contributed by atoms with Crippen LogP contribution in [0.5, 0.6) is 0 Å². The Morgan fingerprint density at radius 1 is 0.587 bits per heavy atom. The predicted molar refractivity (Wildman–Crippen MR) is 191 cm³/mol. The summed E-state index contributed by atoms with van der Waals surface area (Å²) in [6.07, 6.45) is 6.35. The second kappa shape index (κ2) is 10.9. The van der Waals surface area contributed by atoms with Crippen molar-refractivity contribution in [1.82, 2.24) is 4.98 Å². The number of pyridine rings is 1. The Balaban J connectivity index is 1.19. The monoisotopic (exact) mass is 606 g/mol. The number of nitrogens with one attached hydrogen (secondary N) is 1. The summed E-state index contributed by atoms with van der Waals surface area (Å²) in [6.45, 7) is 0. The van der Waals surface area contributed by atoms with Crippen LogP contribution < -0.4 is 5.32 Å². The van der Waals surface area contributed by atoms with Gasteiger partial charge in [0.2, 0.25) is 0 Å². The fraction of sp³-hybridized carbons (Fsp3) is 0.0465. The van der Waals surface area contributed by atoms with Crippen LogP contribution in [-0.2, 0) is 5.41 Å². The molecule has 218 valence electrons. The summed E-state index contributed by atoms with van der Waals surface area (Å²) in [6, 6.07) is 55.5. The number of anilines is 1. The number of hydrogen-bond acceptors (Lipinski definition) is 3. The SMILES string of the molecule is C1=CC(c2cccc(-c3ccc4c(c3)C(c3ccccc3)(c3ccccc3)c3ccccc3S4)c2)Nc2c1ccc1cccnc21. The van der Waals surface area contributed by atoms with Crippen molar-refractivity contribution in [3.63, 3.8) is 0 Å². The minimum atomic E-state index is -0.446. The molecular formula is C43H30N2S. The van der Waals surface area contributed by atoms with Crippen molar-refractivity contribution < 1.29 is 0 Å². The molecule has 0 saturated carbocycles. The molecule has 6 aromatic carbocycles. The van der Waals surface area contributed by atoms with Crippen molar-refractivity contribution in [2.24, 2.45) is 0 Å². The zero-order valence-electron chi connectivity index (χ0n) is 25.1. The second-order valence-corrected chi connectivity index (χ2v) is 13.1. The molecule has 0 saturated heterocycles. The molecule has 2 aliphatic rings. The minimum Gasteiger partial charge on any atom is -0.372 e. The largest absolute Gasteiger partial charge is 0.372 e. The van der Waals surface area contributed by atoms with Crippen molar-refractivity contribution in [1.29, 1.82) is 0 Å². The molecule has 0 spiro atoms. The van der Waals surface area contributed by atoms with Crippen molar-refractivity contribution in [3.8, 4) is 11.1 Å². The highest BCUT2D eigenvalue weighted by atomic mass is 32.2. The molecule has 0 fully saturated rings. The third-order valence-corrected chi connectivity index (χ3v) is 10.6. The zero-order valence-corrected chi connectivity index (χ0v) is 25.9. The smallest absolute Gasteiger partial charge is 0.0939 e. The summed E-state index contributed by atoms with van der Waals surface area (Å²) >= 11 is 1.87. The average Bonchev–Trinajstić information content (AvgIpc) is 3.14. The van der Waals surface area contributed by atoms with Crippen LogP contribution in [0, 0.1) is 0 Å². The van der Waals surface area contributed by atoms with Gasteiger partial charge in [-0.2, -0.15) is 0 Å². The standard InChI is InChI=1S/C43H30N2S/c1-3-14-34(15-4-1)43(35-16-5-2-6-17-35)36-18-7-8-19-39(36)46-40-25-23-32(28-37(40)43)31-11-9-12-33(27-31)38-24-22-30-21-20-29-13-10-26-44-41(29)42(30)45-38/h1-28,38,45H. The molecule has 1 aromatic heterocycles. The van der Waals surface area contributed by atoms with E-state index >= 15 is 0 Å². The topological polar surface area (TPSA) is 24.9 Å². The number of hydrogen-bond donors (Lipinski definition) is 1. The molecule has 7 aromatic rings. The van der Waals surface area contributed by atoms with E-state index in [0.717, 1.165) is 16.6 Å². The van der Waals surface area contributed by atoms with Gasteiger partial charge in [0.25, 0.3) is 0 Å². The van der Waals surface area contributed by atoms with Gasteiger partial charge >= 0.3 is 0 Å². The molecule has 9 rings (SSSR count). The zero-order chi connectivity index (χ0) is 30.5. The Morgan fingerprint density at radius 3 is 2.15 bits per heavy atom. The molecular weight excluding hydrogens is 577 g/mol. The maximum Gasteiger partial charge on any atom is 0.0939 e. The highest BCUT2D eigenvalue weighted by Crippen LogP contribution is 2.56. The molecule has 2 aliphatic heterocycles. The lowest BCUT2D eigenvalue weighted by Gasteiger charge is -2.42. The van der Waals surface area contributed by atoms with Crippen molar-refractivity contribution in [2.45, 2.75) is 21.2 Å². The summed E-state index contributed by atoms with van der Waals surface area (Å²) in [7, 11) is 0. The van der Waals surface area contributed by atoms with Crippen LogP contribution in [0.1, 0.15) is 39.4 Å². The molecule has 3 heteroatoms. The van der Waals surface area contributed by atoms with Crippen LogP contribution in [0.3, 0.4) is 0 Å². The molecule has 1 N–H and O–H groups in total. The van der Waals surface area contributed by atoms with Gasteiger partial charge in [0.1, 0.15) is 0 Å². The number of rotatable bonds is 4. The maximum absolute atomic E-state index is 4.71. The van der Waals surface area contributed by atoms with E-state index in [1.807, 2.05) is 24.0 Å².